The first-order valence-electron chi connectivity index (χ1n) is 36.0. The van der Waals surface area contributed by atoms with E-state index in [0.29, 0.717) is 49.9 Å². The van der Waals surface area contributed by atoms with Crippen molar-refractivity contribution < 1.29 is 67.4 Å². The minimum absolute atomic E-state index is 0.0133. The van der Waals surface area contributed by atoms with Gasteiger partial charge in [0, 0.05) is 80.9 Å². The zero-order valence-corrected chi connectivity index (χ0v) is 62.5. The monoisotopic (exact) mass is 1400 g/mol. The number of benzene rings is 2. The zero-order valence-electron chi connectivity index (χ0n) is 62.5. The summed E-state index contributed by atoms with van der Waals surface area (Å²) in [6.45, 7) is 18.9. The number of carbonyl (C=O) groups excluding carboxylic acids is 12. The number of piperidine rings is 1. The Morgan fingerprint density at radius 2 is 0.990 bits per heavy atom. The molecule has 26 heteroatoms. The fourth-order valence-corrected chi connectivity index (χ4v) is 12.8. The van der Waals surface area contributed by atoms with Gasteiger partial charge in [0.05, 0.1) is 32.2 Å². The Morgan fingerprint density at radius 3 is 1.52 bits per heavy atom. The first-order chi connectivity index (χ1) is 47.3. The highest BCUT2D eigenvalue weighted by Gasteiger charge is 2.43. The van der Waals surface area contributed by atoms with Crippen molar-refractivity contribution in [1.82, 2.24) is 60.5 Å². The van der Waals surface area contributed by atoms with Crippen molar-refractivity contribution in [2.24, 2.45) is 17.8 Å². The molecule has 2 saturated heterocycles. The molecule has 2 heterocycles. The molecule has 558 valence electrons. The van der Waals surface area contributed by atoms with E-state index < -0.39 is 151 Å². The highest BCUT2D eigenvalue weighted by Crippen LogP contribution is 2.23. The second-order valence-electron chi connectivity index (χ2n) is 28.1. The van der Waals surface area contributed by atoms with Gasteiger partial charge in [-0.3, -0.25) is 57.5 Å². The van der Waals surface area contributed by atoms with Crippen molar-refractivity contribution in [3.8, 4) is 0 Å². The number of carbonyl (C=O) groups is 12. The third-order valence-corrected chi connectivity index (χ3v) is 18.8. The minimum atomic E-state index is -1.66. The number of aliphatic hydroxyl groups is 1. The van der Waals surface area contributed by atoms with E-state index in [4.69, 9.17) is 4.74 Å². The van der Waals surface area contributed by atoms with Crippen molar-refractivity contribution in [2.45, 2.75) is 220 Å². The number of amides is 12. The van der Waals surface area contributed by atoms with Gasteiger partial charge >= 0.3 is 0 Å². The smallest absolute Gasteiger partial charge is 0.248 e. The maximum absolute atomic E-state index is 15.4. The summed E-state index contributed by atoms with van der Waals surface area (Å²) in [5.41, 5.74) is 1.31. The van der Waals surface area contributed by atoms with Crippen LogP contribution in [0.15, 0.2) is 60.7 Å². The van der Waals surface area contributed by atoms with Crippen LogP contribution in [0.4, 0.5) is 0 Å². The molecule has 0 spiro atoms. The van der Waals surface area contributed by atoms with Crippen LogP contribution in [0.3, 0.4) is 0 Å². The van der Waals surface area contributed by atoms with E-state index in [9.17, 15) is 38.7 Å². The number of hydrogen-bond donors (Lipinski definition) is 5. The first-order valence-corrected chi connectivity index (χ1v) is 36.0. The molecule has 0 aliphatic carbocycles. The van der Waals surface area contributed by atoms with Crippen molar-refractivity contribution in [3.05, 3.63) is 71.8 Å². The summed E-state index contributed by atoms with van der Waals surface area (Å²) in [4.78, 5) is 190. The second-order valence-corrected chi connectivity index (χ2v) is 28.1. The molecule has 100 heavy (non-hydrogen) atoms. The average molecular weight is 1400 g/mol. The van der Waals surface area contributed by atoms with Gasteiger partial charge in [0.15, 0.2) is 0 Å². The van der Waals surface area contributed by atoms with Crippen molar-refractivity contribution in [1.29, 1.82) is 0 Å². The number of nitrogens with zero attached hydrogens (tertiary/aromatic N) is 8. The van der Waals surface area contributed by atoms with Crippen LogP contribution < -0.4 is 21.3 Å². The van der Waals surface area contributed by atoms with Crippen molar-refractivity contribution >= 4 is 70.9 Å². The van der Waals surface area contributed by atoms with Gasteiger partial charge in [-0.1, -0.05) is 129 Å². The summed E-state index contributed by atoms with van der Waals surface area (Å²) in [7, 11) is 7.15. The Balaban J connectivity index is 1.98. The molecule has 0 saturated carbocycles. The molecule has 2 aliphatic rings. The van der Waals surface area contributed by atoms with E-state index in [0.717, 1.165) is 6.42 Å². The van der Waals surface area contributed by atoms with Gasteiger partial charge < -0.3 is 70.3 Å². The Hall–Kier alpha value is -8.00. The molecule has 0 aromatic heterocycles. The van der Waals surface area contributed by atoms with Crippen LogP contribution in [0.25, 0.3) is 0 Å². The molecule has 0 radical (unpaired) electrons. The predicted octanol–water partition coefficient (Wildman–Crippen LogP) is 3.80. The van der Waals surface area contributed by atoms with Crippen LogP contribution in [0.1, 0.15) is 158 Å². The summed E-state index contributed by atoms with van der Waals surface area (Å²) in [5.74, 6) is -9.01. The highest BCUT2D eigenvalue weighted by atomic mass is 16.5. The van der Waals surface area contributed by atoms with Crippen LogP contribution in [0, 0.1) is 17.8 Å². The predicted molar refractivity (Wildman–Crippen MR) is 381 cm³/mol. The molecule has 12 amide bonds. The van der Waals surface area contributed by atoms with Crippen molar-refractivity contribution in [2.75, 3.05) is 87.7 Å². The second kappa shape index (κ2) is 41.7. The van der Waals surface area contributed by atoms with Gasteiger partial charge in [-0.05, 0) is 101 Å². The molecule has 26 nitrogen and oxygen atoms in total. The number of ether oxygens (including phenoxy) is 1. The normalized spacial score (nSPS) is 24.2. The maximum Gasteiger partial charge on any atom is 0.248 e. The number of likely N-dealkylation sites (tertiary alicyclic amines) is 1. The quantitative estimate of drug-likeness (QED) is 0.111. The molecule has 10 atom stereocenters. The standard InChI is InChI=1S/C74H118N12O14/c1-17-21-35-85-47-64(90)80(13)58(41-49(7)8)67(92)77-56(71(96)84-36-29-24-30-37-84)45-63(89)79(12)57(19-3)66(91)76-55(40-48(5)6)70(95)82(15)60(42-50(9)10)72(97)81(14)59(43-52-31-25-22-26-32-52)68(93)75-54(18-2)69(94)83(16)61(44-53-33-27-23-28-34-53)73(98)86(38-39-100-20-4)46-62(88)78-65(51(11)87)74(85)99/h22-23,25-28,31-34,48-51,54-61,65,87H,17-21,24,29-30,35-47H2,1-16H3,(H,75,93)(H,76,91)(H,77,92)(H,78,88)/t51-,54+,55+,56+,57+,58+,59+,60+,61+,65+/m1/s1. The average Bonchev–Trinajstić information content (AvgIpc) is 0.831. The van der Waals surface area contributed by atoms with E-state index in [-0.39, 0.29) is 89.0 Å². The molecule has 2 aromatic rings. The number of likely N-dealkylation sites (N-methyl/N-ethyl adjacent to an activating group) is 5. The lowest BCUT2D eigenvalue weighted by Gasteiger charge is -2.38. The van der Waals surface area contributed by atoms with E-state index in [1.165, 1.54) is 76.5 Å². The molecule has 0 unspecified atom stereocenters. The highest BCUT2D eigenvalue weighted by molar-refractivity contribution is 6.00. The molecule has 5 N–H and O–H groups in total. The molecule has 0 bridgehead atoms. The summed E-state index contributed by atoms with van der Waals surface area (Å²) >= 11 is 0. The summed E-state index contributed by atoms with van der Waals surface area (Å²) in [6.07, 6.45) is 1.33. The number of aliphatic hydroxyl groups excluding tert-OH is 1. The van der Waals surface area contributed by atoms with Crippen LogP contribution in [0.5, 0.6) is 0 Å². The fourth-order valence-electron chi connectivity index (χ4n) is 12.8. The first kappa shape index (κ1) is 84.4. The Kier molecular flexibility index (Phi) is 35.2. The lowest BCUT2D eigenvalue weighted by Crippen LogP contribution is -2.61. The van der Waals surface area contributed by atoms with Gasteiger partial charge in [0.2, 0.25) is 70.9 Å². The van der Waals surface area contributed by atoms with E-state index in [1.807, 2.05) is 48.5 Å². The summed E-state index contributed by atoms with van der Waals surface area (Å²) < 4.78 is 5.71. The van der Waals surface area contributed by atoms with Crippen molar-refractivity contribution in [3.63, 3.8) is 0 Å². The van der Waals surface area contributed by atoms with Gasteiger partial charge in [-0.15, -0.1) is 0 Å². The molecule has 2 aliphatic heterocycles. The Labute approximate surface area is 593 Å². The molecule has 2 fully saturated rings. The number of hydrogen-bond acceptors (Lipinski definition) is 14. The third-order valence-electron chi connectivity index (χ3n) is 18.8. The zero-order chi connectivity index (χ0) is 74.7. The van der Waals surface area contributed by atoms with Gasteiger partial charge in [0.1, 0.15) is 54.4 Å². The number of nitrogens with one attached hydrogen (secondary N) is 4. The van der Waals surface area contributed by atoms with E-state index in [2.05, 4.69) is 21.3 Å². The fraction of sp³-hybridized carbons (Fsp3) is 0.676. The largest absolute Gasteiger partial charge is 0.391 e. The molecular weight excluding hydrogens is 1280 g/mol. The van der Waals surface area contributed by atoms with Gasteiger partial charge in [-0.25, -0.2) is 0 Å². The van der Waals surface area contributed by atoms with Gasteiger partial charge in [0.25, 0.3) is 0 Å². The van der Waals surface area contributed by atoms with Crippen LogP contribution >= 0.6 is 0 Å². The van der Waals surface area contributed by atoms with Crippen LogP contribution in [0.2, 0.25) is 0 Å². The molecule has 4 rings (SSSR count). The van der Waals surface area contributed by atoms with E-state index >= 15 is 24.0 Å². The van der Waals surface area contributed by atoms with Crippen LogP contribution in [-0.2, 0) is 75.1 Å². The summed E-state index contributed by atoms with van der Waals surface area (Å²) in [5, 5.41) is 22.6. The van der Waals surface area contributed by atoms with Gasteiger partial charge in [-0.2, -0.15) is 0 Å². The molecular formula is C74H118N12O14. The number of unbranched alkanes of at least 4 members (excludes halogenated alkanes) is 1. The Morgan fingerprint density at radius 1 is 0.500 bits per heavy atom. The topological polar surface area (TPSA) is 308 Å². The third kappa shape index (κ3) is 25.0. The SMILES string of the molecule is CCCCN1CC(=O)N(C)[C@@H](CC(C)C)C(=O)N[C@H](C(=O)N2CCCCC2)CC(=O)N(C)[C@@H](CC)C(=O)N[C@@H](CC(C)C)C(=O)N(C)[C@@H](CC(C)C)C(=O)N(C)[C@@H](Cc2ccccc2)C(=O)N[C@@H](CC)C(=O)N(C)[C@@H](Cc2ccccc2)C(=O)N(CCOCC)CC(=O)N[C@@H]([C@@H](C)O)C1=O. The summed E-state index contributed by atoms with van der Waals surface area (Å²) in [6, 6.07) is 5.94. The van der Waals surface area contributed by atoms with Crippen LogP contribution in [-0.4, -0.2) is 263 Å². The minimum Gasteiger partial charge on any atom is -0.391 e. The lowest BCUT2D eigenvalue weighted by atomic mass is 9.96. The Bertz CT molecular complexity index is 3020. The maximum atomic E-state index is 15.4. The molecule has 2 aromatic carbocycles. The lowest BCUT2D eigenvalue weighted by molar-refractivity contribution is -0.151. The van der Waals surface area contributed by atoms with E-state index in [1.54, 1.807) is 86.3 Å². The number of rotatable bonds is 21.